The largest absolute Gasteiger partial charge is 0.346 e. The fourth-order valence-electron chi connectivity index (χ4n) is 2.62. The molecule has 26 heavy (non-hydrogen) atoms. The smallest absolute Gasteiger partial charge is 0.251 e. The monoisotopic (exact) mass is 369 g/mol. The first-order valence-corrected chi connectivity index (χ1v) is 9.56. The van der Waals surface area contributed by atoms with Gasteiger partial charge in [0.2, 0.25) is 10.0 Å². The van der Waals surface area contributed by atoms with Crippen molar-refractivity contribution in [1.29, 1.82) is 0 Å². The van der Waals surface area contributed by atoms with Crippen LogP contribution >= 0.6 is 0 Å². The Morgan fingerprint density at radius 2 is 1.69 bits per heavy atom. The number of sulfonamides is 1. The van der Waals surface area contributed by atoms with E-state index >= 15 is 0 Å². The third-order valence-electron chi connectivity index (χ3n) is 4.07. The van der Waals surface area contributed by atoms with Gasteiger partial charge in [0.05, 0.1) is 10.9 Å². The SMILES string of the molecule is CC(NC(=O)c1ccc(-n2cccc2)cc1)c1cccc(S(N)(=O)=O)c1. The van der Waals surface area contributed by atoms with Gasteiger partial charge in [-0.15, -0.1) is 0 Å². The first-order valence-electron chi connectivity index (χ1n) is 8.01. The number of hydrogen-bond acceptors (Lipinski definition) is 3. The van der Waals surface area contributed by atoms with Crippen LogP contribution in [-0.4, -0.2) is 18.9 Å². The number of carbonyl (C=O) groups is 1. The number of amides is 1. The highest BCUT2D eigenvalue weighted by molar-refractivity contribution is 7.89. The lowest BCUT2D eigenvalue weighted by molar-refractivity contribution is 0.0940. The third kappa shape index (κ3) is 4.01. The van der Waals surface area contributed by atoms with Gasteiger partial charge < -0.3 is 9.88 Å². The zero-order chi connectivity index (χ0) is 18.7. The molecule has 7 heteroatoms. The van der Waals surface area contributed by atoms with E-state index in [-0.39, 0.29) is 16.8 Å². The van der Waals surface area contributed by atoms with Crippen LogP contribution in [0.2, 0.25) is 0 Å². The van der Waals surface area contributed by atoms with Crippen molar-refractivity contribution in [3.63, 3.8) is 0 Å². The second kappa shape index (κ2) is 7.15. The molecule has 2 aromatic carbocycles. The van der Waals surface area contributed by atoms with Crippen LogP contribution in [0.25, 0.3) is 5.69 Å². The minimum absolute atomic E-state index is 0.0205. The first-order chi connectivity index (χ1) is 12.3. The number of rotatable bonds is 5. The summed E-state index contributed by atoms with van der Waals surface area (Å²) in [6, 6.07) is 16.9. The van der Waals surface area contributed by atoms with Gasteiger partial charge >= 0.3 is 0 Å². The van der Waals surface area contributed by atoms with E-state index in [2.05, 4.69) is 5.32 Å². The predicted octanol–water partition coefficient (Wildman–Crippen LogP) is 2.62. The molecule has 1 unspecified atom stereocenters. The van der Waals surface area contributed by atoms with Crippen molar-refractivity contribution in [2.75, 3.05) is 0 Å². The number of nitrogens with one attached hydrogen (secondary N) is 1. The maximum absolute atomic E-state index is 12.4. The molecule has 3 rings (SSSR count). The van der Waals surface area contributed by atoms with Crippen LogP contribution in [0.1, 0.15) is 28.9 Å². The molecule has 0 bridgehead atoms. The van der Waals surface area contributed by atoms with E-state index in [0.29, 0.717) is 11.1 Å². The summed E-state index contributed by atoms with van der Waals surface area (Å²) in [5.74, 6) is -0.238. The highest BCUT2D eigenvalue weighted by Crippen LogP contribution is 2.18. The second-order valence-electron chi connectivity index (χ2n) is 5.95. The molecule has 3 N–H and O–H groups in total. The molecule has 1 amide bonds. The molecule has 0 saturated carbocycles. The Bertz CT molecular complexity index is 1010. The molecule has 0 spiro atoms. The summed E-state index contributed by atoms with van der Waals surface area (Å²) in [6.07, 6.45) is 3.85. The van der Waals surface area contributed by atoms with Crippen molar-refractivity contribution < 1.29 is 13.2 Å². The maximum atomic E-state index is 12.4. The van der Waals surface area contributed by atoms with Crippen LogP contribution in [0.4, 0.5) is 0 Å². The van der Waals surface area contributed by atoms with Gasteiger partial charge in [0.1, 0.15) is 0 Å². The van der Waals surface area contributed by atoms with Crippen molar-refractivity contribution in [3.05, 3.63) is 84.2 Å². The van der Waals surface area contributed by atoms with Crippen LogP contribution < -0.4 is 10.5 Å². The minimum Gasteiger partial charge on any atom is -0.346 e. The number of aromatic nitrogens is 1. The summed E-state index contributed by atoms with van der Waals surface area (Å²) in [4.78, 5) is 12.5. The van der Waals surface area contributed by atoms with E-state index in [1.807, 2.05) is 41.2 Å². The second-order valence-corrected chi connectivity index (χ2v) is 7.51. The van der Waals surface area contributed by atoms with Gasteiger partial charge in [-0.05, 0) is 61.0 Å². The Hall–Kier alpha value is -2.90. The summed E-state index contributed by atoms with van der Waals surface area (Å²) < 4.78 is 24.9. The number of primary sulfonamides is 1. The normalized spacial score (nSPS) is 12.5. The highest BCUT2D eigenvalue weighted by atomic mass is 32.2. The quantitative estimate of drug-likeness (QED) is 0.724. The van der Waals surface area contributed by atoms with Gasteiger partial charge in [0.25, 0.3) is 5.91 Å². The number of hydrogen-bond donors (Lipinski definition) is 2. The lowest BCUT2D eigenvalue weighted by atomic mass is 10.1. The zero-order valence-electron chi connectivity index (χ0n) is 14.2. The van der Waals surface area contributed by atoms with Crippen molar-refractivity contribution >= 4 is 15.9 Å². The fraction of sp³-hybridized carbons (Fsp3) is 0.105. The van der Waals surface area contributed by atoms with Gasteiger partial charge in [-0.25, -0.2) is 13.6 Å². The molecule has 0 radical (unpaired) electrons. The van der Waals surface area contributed by atoms with Crippen LogP contribution in [0.5, 0.6) is 0 Å². The Kier molecular flexibility index (Phi) is 4.92. The molecule has 134 valence electrons. The van der Waals surface area contributed by atoms with E-state index < -0.39 is 10.0 Å². The Morgan fingerprint density at radius 1 is 1.04 bits per heavy atom. The van der Waals surface area contributed by atoms with E-state index in [1.54, 1.807) is 31.2 Å². The molecule has 1 atom stereocenters. The molecule has 0 saturated heterocycles. The van der Waals surface area contributed by atoms with Gasteiger partial charge in [-0.3, -0.25) is 4.79 Å². The van der Waals surface area contributed by atoms with E-state index in [9.17, 15) is 13.2 Å². The van der Waals surface area contributed by atoms with Gasteiger partial charge in [-0.2, -0.15) is 0 Å². The van der Waals surface area contributed by atoms with Crippen molar-refractivity contribution in [2.24, 2.45) is 5.14 Å². The topological polar surface area (TPSA) is 94.2 Å². The molecular formula is C19H19N3O3S. The van der Waals surface area contributed by atoms with Crippen LogP contribution in [0.15, 0.2) is 78.0 Å². The molecule has 0 fully saturated rings. The fourth-order valence-corrected chi connectivity index (χ4v) is 3.18. The number of benzene rings is 2. The molecule has 0 aliphatic rings. The van der Waals surface area contributed by atoms with E-state index in [4.69, 9.17) is 5.14 Å². The first kappa shape index (κ1) is 17.9. The average Bonchev–Trinajstić information content (AvgIpc) is 3.16. The van der Waals surface area contributed by atoms with Crippen LogP contribution in [-0.2, 0) is 10.0 Å². The Morgan fingerprint density at radius 3 is 2.31 bits per heavy atom. The highest BCUT2D eigenvalue weighted by Gasteiger charge is 2.14. The van der Waals surface area contributed by atoms with Gasteiger partial charge in [-0.1, -0.05) is 12.1 Å². The maximum Gasteiger partial charge on any atom is 0.251 e. The molecule has 0 aliphatic carbocycles. The predicted molar refractivity (Wildman–Crippen MR) is 99.5 cm³/mol. The summed E-state index contributed by atoms with van der Waals surface area (Å²) >= 11 is 0. The average molecular weight is 369 g/mol. The molecule has 1 aromatic heterocycles. The standard InChI is InChI=1S/C19H19N3O3S/c1-14(16-5-4-6-18(13-16)26(20,24)25)21-19(23)15-7-9-17(10-8-15)22-11-2-3-12-22/h2-14H,1H3,(H,21,23)(H2,20,24,25). The van der Waals surface area contributed by atoms with E-state index in [0.717, 1.165) is 5.69 Å². The molecule has 6 nitrogen and oxygen atoms in total. The lowest BCUT2D eigenvalue weighted by Crippen LogP contribution is -2.26. The summed E-state index contributed by atoms with van der Waals surface area (Å²) in [5, 5.41) is 8.02. The van der Waals surface area contributed by atoms with Crippen molar-refractivity contribution in [1.82, 2.24) is 9.88 Å². The Labute approximate surface area is 152 Å². The van der Waals surface area contributed by atoms with Crippen LogP contribution in [0, 0.1) is 0 Å². The number of nitrogens with zero attached hydrogens (tertiary/aromatic N) is 1. The molecule has 3 aromatic rings. The van der Waals surface area contributed by atoms with Gasteiger partial charge in [0, 0.05) is 23.6 Å². The third-order valence-corrected chi connectivity index (χ3v) is 4.98. The number of nitrogens with two attached hydrogens (primary N) is 1. The van der Waals surface area contributed by atoms with E-state index in [1.165, 1.54) is 12.1 Å². The van der Waals surface area contributed by atoms with Crippen LogP contribution in [0.3, 0.4) is 0 Å². The summed E-state index contributed by atoms with van der Waals surface area (Å²) in [5.41, 5.74) is 2.14. The summed E-state index contributed by atoms with van der Waals surface area (Å²) in [6.45, 7) is 1.79. The minimum atomic E-state index is -3.78. The molecular weight excluding hydrogens is 350 g/mol. The molecule has 0 aliphatic heterocycles. The zero-order valence-corrected chi connectivity index (χ0v) is 15.0. The Balaban J connectivity index is 1.73. The lowest BCUT2D eigenvalue weighted by Gasteiger charge is -2.15. The molecule has 1 heterocycles. The van der Waals surface area contributed by atoms with Crippen molar-refractivity contribution in [3.8, 4) is 5.69 Å². The van der Waals surface area contributed by atoms with Crippen molar-refractivity contribution in [2.45, 2.75) is 17.9 Å². The number of carbonyl (C=O) groups excluding carboxylic acids is 1. The van der Waals surface area contributed by atoms with Gasteiger partial charge in [0.15, 0.2) is 0 Å². The summed E-state index contributed by atoms with van der Waals surface area (Å²) in [7, 11) is -3.78.